The van der Waals surface area contributed by atoms with Crippen molar-refractivity contribution in [1.29, 1.82) is 0 Å². The molecule has 1 N–H and O–H groups in total. The number of carbonyl (C=O) groups is 1. The Morgan fingerprint density at radius 1 is 1.33 bits per heavy atom. The second-order valence-electron chi connectivity index (χ2n) is 5.34. The Morgan fingerprint density at radius 2 is 2.04 bits per heavy atom. The molecule has 2 aromatic carbocycles. The highest BCUT2D eigenvalue weighted by Crippen LogP contribution is 2.29. The van der Waals surface area contributed by atoms with Crippen LogP contribution < -0.4 is 0 Å². The van der Waals surface area contributed by atoms with E-state index in [9.17, 15) is 9.18 Å². The van der Waals surface area contributed by atoms with Crippen LogP contribution in [0.4, 0.5) is 4.39 Å². The molecule has 1 aromatic heterocycles. The number of hydrogen-bond donors (Lipinski definition) is 1. The number of carboxylic acid groups (broad SMARTS) is 1. The molecule has 3 aromatic rings. The van der Waals surface area contributed by atoms with Crippen molar-refractivity contribution in [3.63, 3.8) is 0 Å². The summed E-state index contributed by atoms with van der Waals surface area (Å²) in [5.74, 6) is -1.29. The molecule has 0 radical (unpaired) electrons. The minimum Gasteiger partial charge on any atom is -0.480 e. The number of imidazole rings is 1. The molecule has 0 aliphatic carbocycles. The summed E-state index contributed by atoms with van der Waals surface area (Å²) in [5, 5.41) is 9.67. The summed E-state index contributed by atoms with van der Waals surface area (Å²) >= 11 is 7.05. The van der Waals surface area contributed by atoms with E-state index in [1.807, 2.05) is 16.7 Å². The SMILES string of the molecule is CC(Sc1nc2cc(F)ccc2n1Cc1ccc(Cl)cc1)C(=O)O. The fraction of sp³-hybridized carbons (Fsp3) is 0.176. The van der Waals surface area contributed by atoms with E-state index in [0.717, 1.165) is 22.8 Å². The Labute approximate surface area is 147 Å². The van der Waals surface area contributed by atoms with Gasteiger partial charge in [-0.2, -0.15) is 0 Å². The Balaban J connectivity index is 2.04. The Bertz CT molecular complexity index is 895. The van der Waals surface area contributed by atoms with Crippen LogP contribution >= 0.6 is 23.4 Å². The summed E-state index contributed by atoms with van der Waals surface area (Å²) in [4.78, 5) is 15.6. The van der Waals surface area contributed by atoms with E-state index in [0.29, 0.717) is 22.2 Å². The highest BCUT2D eigenvalue weighted by molar-refractivity contribution is 8.00. The van der Waals surface area contributed by atoms with E-state index in [4.69, 9.17) is 16.7 Å². The number of hydrogen-bond acceptors (Lipinski definition) is 3. The smallest absolute Gasteiger partial charge is 0.316 e. The third kappa shape index (κ3) is 3.55. The average Bonchev–Trinajstić information content (AvgIpc) is 2.86. The number of fused-ring (bicyclic) bond motifs is 1. The summed E-state index contributed by atoms with van der Waals surface area (Å²) < 4.78 is 15.4. The second-order valence-corrected chi connectivity index (χ2v) is 7.08. The van der Waals surface area contributed by atoms with Gasteiger partial charge in [-0.25, -0.2) is 9.37 Å². The number of carboxylic acids is 1. The molecular weight excluding hydrogens is 351 g/mol. The number of halogens is 2. The quantitative estimate of drug-likeness (QED) is 0.680. The Morgan fingerprint density at radius 3 is 2.71 bits per heavy atom. The molecule has 0 saturated heterocycles. The number of rotatable bonds is 5. The zero-order valence-corrected chi connectivity index (χ0v) is 14.3. The van der Waals surface area contributed by atoms with Crippen molar-refractivity contribution in [3.05, 3.63) is 58.9 Å². The van der Waals surface area contributed by atoms with Gasteiger partial charge in [0.15, 0.2) is 5.16 Å². The van der Waals surface area contributed by atoms with Gasteiger partial charge in [0.25, 0.3) is 0 Å². The number of aliphatic carboxylic acids is 1. The maximum absolute atomic E-state index is 13.5. The monoisotopic (exact) mass is 364 g/mol. The number of thioether (sulfide) groups is 1. The van der Waals surface area contributed by atoms with Gasteiger partial charge in [0.05, 0.1) is 17.6 Å². The summed E-state index contributed by atoms with van der Waals surface area (Å²) in [5.41, 5.74) is 2.25. The first-order valence-corrected chi connectivity index (χ1v) is 8.49. The van der Waals surface area contributed by atoms with Crippen LogP contribution in [0, 0.1) is 5.82 Å². The van der Waals surface area contributed by atoms with Crippen LogP contribution in [0.15, 0.2) is 47.6 Å². The first kappa shape index (κ1) is 16.8. The normalized spacial score (nSPS) is 12.5. The first-order chi connectivity index (χ1) is 11.4. The van der Waals surface area contributed by atoms with Gasteiger partial charge in [-0.1, -0.05) is 35.5 Å². The molecule has 124 valence electrons. The van der Waals surface area contributed by atoms with Gasteiger partial charge in [-0.05, 0) is 36.8 Å². The number of nitrogens with zero attached hydrogens (tertiary/aromatic N) is 2. The number of aromatic nitrogens is 2. The second kappa shape index (κ2) is 6.83. The summed E-state index contributed by atoms with van der Waals surface area (Å²) in [6, 6.07) is 11.8. The third-order valence-electron chi connectivity index (χ3n) is 3.56. The van der Waals surface area contributed by atoms with Crippen LogP contribution in [0.25, 0.3) is 11.0 Å². The van der Waals surface area contributed by atoms with Crippen molar-refractivity contribution >= 4 is 40.4 Å². The lowest BCUT2D eigenvalue weighted by atomic mass is 10.2. The van der Waals surface area contributed by atoms with Gasteiger partial charge in [-0.3, -0.25) is 4.79 Å². The Kier molecular flexibility index (Phi) is 4.78. The third-order valence-corrected chi connectivity index (χ3v) is 4.89. The maximum Gasteiger partial charge on any atom is 0.316 e. The molecule has 0 aliphatic rings. The molecule has 0 amide bonds. The van der Waals surface area contributed by atoms with Crippen LogP contribution in [0.1, 0.15) is 12.5 Å². The molecule has 4 nitrogen and oxygen atoms in total. The lowest BCUT2D eigenvalue weighted by molar-refractivity contribution is -0.136. The molecule has 1 unspecified atom stereocenters. The van der Waals surface area contributed by atoms with Crippen LogP contribution in [0.5, 0.6) is 0 Å². The summed E-state index contributed by atoms with van der Waals surface area (Å²) in [7, 11) is 0. The van der Waals surface area contributed by atoms with Crippen molar-refractivity contribution < 1.29 is 14.3 Å². The van der Waals surface area contributed by atoms with Crippen molar-refractivity contribution in [2.75, 3.05) is 0 Å². The first-order valence-electron chi connectivity index (χ1n) is 7.24. The van der Waals surface area contributed by atoms with Crippen LogP contribution in [0.3, 0.4) is 0 Å². The van der Waals surface area contributed by atoms with Crippen LogP contribution in [-0.2, 0) is 11.3 Å². The zero-order chi connectivity index (χ0) is 17.3. The predicted molar refractivity (Wildman–Crippen MR) is 93.2 cm³/mol. The largest absolute Gasteiger partial charge is 0.480 e. The highest BCUT2D eigenvalue weighted by Gasteiger charge is 2.19. The molecule has 0 aliphatic heterocycles. The standard InChI is InChI=1S/C17H14ClFN2O2S/c1-10(16(22)23)24-17-20-14-8-13(19)6-7-15(14)21(17)9-11-2-4-12(18)5-3-11/h2-8,10H,9H2,1H3,(H,22,23). The summed E-state index contributed by atoms with van der Waals surface area (Å²) in [6.45, 7) is 2.09. The zero-order valence-electron chi connectivity index (χ0n) is 12.7. The summed E-state index contributed by atoms with van der Waals surface area (Å²) in [6.07, 6.45) is 0. The fourth-order valence-corrected chi connectivity index (χ4v) is 3.29. The fourth-order valence-electron chi connectivity index (χ4n) is 2.30. The van der Waals surface area contributed by atoms with Crippen molar-refractivity contribution in [1.82, 2.24) is 9.55 Å². The topological polar surface area (TPSA) is 55.1 Å². The molecule has 1 atom stereocenters. The van der Waals surface area contributed by atoms with E-state index in [1.165, 1.54) is 12.1 Å². The molecular formula is C17H14ClFN2O2S. The average molecular weight is 365 g/mol. The van der Waals surface area contributed by atoms with E-state index >= 15 is 0 Å². The minimum absolute atomic E-state index is 0.374. The molecule has 7 heteroatoms. The molecule has 24 heavy (non-hydrogen) atoms. The van der Waals surface area contributed by atoms with E-state index in [2.05, 4.69) is 4.98 Å². The van der Waals surface area contributed by atoms with Crippen LogP contribution in [-0.4, -0.2) is 25.9 Å². The molecule has 0 saturated carbocycles. The van der Waals surface area contributed by atoms with Crippen molar-refractivity contribution in [2.24, 2.45) is 0 Å². The Hall–Kier alpha value is -2.05. The maximum atomic E-state index is 13.5. The van der Waals surface area contributed by atoms with Crippen molar-refractivity contribution in [2.45, 2.75) is 23.9 Å². The molecule has 0 spiro atoms. The lowest BCUT2D eigenvalue weighted by Crippen LogP contribution is -2.13. The van der Waals surface area contributed by atoms with Gasteiger partial charge in [-0.15, -0.1) is 0 Å². The van der Waals surface area contributed by atoms with Gasteiger partial charge in [0.2, 0.25) is 0 Å². The molecule has 0 bridgehead atoms. The lowest BCUT2D eigenvalue weighted by Gasteiger charge is -2.11. The van der Waals surface area contributed by atoms with Gasteiger partial charge in [0.1, 0.15) is 11.1 Å². The van der Waals surface area contributed by atoms with E-state index in [-0.39, 0.29) is 5.82 Å². The van der Waals surface area contributed by atoms with E-state index < -0.39 is 11.2 Å². The molecule has 3 rings (SSSR count). The minimum atomic E-state index is -0.920. The van der Waals surface area contributed by atoms with Crippen LogP contribution in [0.2, 0.25) is 5.02 Å². The van der Waals surface area contributed by atoms with Gasteiger partial charge in [0, 0.05) is 11.1 Å². The number of benzene rings is 2. The van der Waals surface area contributed by atoms with Gasteiger partial charge >= 0.3 is 5.97 Å². The van der Waals surface area contributed by atoms with Gasteiger partial charge < -0.3 is 9.67 Å². The predicted octanol–water partition coefficient (Wildman–Crippen LogP) is 4.44. The molecule has 0 fully saturated rings. The van der Waals surface area contributed by atoms with E-state index in [1.54, 1.807) is 25.1 Å². The highest BCUT2D eigenvalue weighted by atomic mass is 35.5. The van der Waals surface area contributed by atoms with Crippen molar-refractivity contribution in [3.8, 4) is 0 Å². The molecule has 1 heterocycles.